The first-order chi connectivity index (χ1) is 37.3. The molecule has 0 radical (unpaired) electrons. The number of pyridine rings is 3. The highest BCUT2D eigenvalue weighted by atomic mass is 79.9. The van der Waals surface area contributed by atoms with Gasteiger partial charge in [-0.3, -0.25) is 42.7 Å². The summed E-state index contributed by atoms with van der Waals surface area (Å²) in [6, 6.07) is 6.91. The Morgan fingerprint density at radius 1 is 0.662 bits per heavy atom. The van der Waals surface area contributed by atoms with Crippen LogP contribution in [0.2, 0.25) is 15.1 Å². The van der Waals surface area contributed by atoms with Crippen LogP contribution in [0, 0.1) is 17.8 Å². The lowest BCUT2D eigenvalue weighted by molar-refractivity contribution is -0.216. The van der Waals surface area contributed by atoms with Gasteiger partial charge in [-0.2, -0.15) is 39.5 Å². The van der Waals surface area contributed by atoms with E-state index >= 15 is 0 Å². The number of hydrogen-bond acceptors (Lipinski definition) is 13. The van der Waals surface area contributed by atoms with Crippen molar-refractivity contribution in [2.75, 3.05) is 11.1 Å². The van der Waals surface area contributed by atoms with Crippen molar-refractivity contribution in [3.63, 3.8) is 0 Å². The molecular weight excluding hydrogens is 1280 g/mol. The SMILES string of the molecule is NC(=O)c1[nH]c(=O)c(Br)cc1Cl.Nc1ccncn1.O=C1CCCCC1C(F)(F)F.O=C1NC2(CCCCC2C(F)(F)F)n2c1c(Cl)cc(Br)c2=O.O=C1NC2(CCCCC2C(F)(F)F)n2c1c(Cl)cc(Nc1ccncn1)c2=O. The minimum atomic E-state index is -4.59. The number of nitrogen functional groups attached to an aromatic ring is 1. The number of alkyl halides is 9. The summed E-state index contributed by atoms with van der Waals surface area (Å²) < 4.78 is 120. The van der Waals surface area contributed by atoms with Gasteiger partial charge in [0.05, 0.1) is 35.8 Å². The number of amides is 3. The number of carbonyl (C=O) groups excluding carboxylic acids is 4. The maximum absolute atomic E-state index is 13.8. The van der Waals surface area contributed by atoms with Gasteiger partial charge in [0.1, 0.15) is 70.1 Å². The molecule has 2 aliphatic heterocycles. The summed E-state index contributed by atoms with van der Waals surface area (Å²) in [7, 11) is 0. The van der Waals surface area contributed by atoms with Crippen LogP contribution in [0.4, 0.5) is 56.8 Å². The third-order valence-corrected chi connectivity index (χ3v) is 15.3. The summed E-state index contributed by atoms with van der Waals surface area (Å²) >= 11 is 23.7. The highest BCUT2D eigenvalue weighted by Gasteiger charge is 2.62. The van der Waals surface area contributed by atoms with Gasteiger partial charge in [-0.1, -0.05) is 54.1 Å². The number of aromatic amines is 1. The lowest BCUT2D eigenvalue weighted by atomic mass is 9.78. The van der Waals surface area contributed by atoms with Crippen molar-refractivity contribution in [2.24, 2.45) is 23.5 Å². The molecule has 5 unspecified atom stereocenters. The molecule has 0 saturated heterocycles. The number of hydrogen-bond donors (Lipinski definition) is 6. The van der Waals surface area contributed by atoms with Crippen LogP contribution in [-0.2, 0) is 16.1 Å². The Kier molecular flexibility index (Phi) is 20.0. The van der Waals surface area contributed by atoms with Gasteiger partial charge >= 0.3 is 18.5 Å². The molecule has 3 aliphatic carbocycles. The van der Waals surface area contributed by atoms with Crippen LogP contribution in [0.5, 0.6) is 0 Å². The molecule has 5 atom stereocenters. The Morgan fingerprint density at radius 2 is 1.16 bits per heavy atom. The van der Waals surface area contributed by atoms with E-state index in [0.29, 0.717) is 44.3 Å². The molecule has 3 saturated carbocycles. The van der Waals surface area contributed by atoms with Gasteiger partial charge in [0.15, 0.2) is 0 Å². The average Bonchev–Trinajstić information content (AvgIpc) is 3.83. The van der Waals surface area contributed by atoms with E-state index in [9.17, 15) is 73.1 Å². The highest BCUT2D eigenvalue weighted by Crippen LogP contribution is 2.51. The molecule has 19 nitrogen and oxygen atoms in total. The van der Waals surface area contributed by atoms with E-state index in [-0.39, 0.29) is 91.1 Å². The van der Waals surface area contributed by atoms with Crippen molar-refractivity contribution >= 4 is 107 Å². The monoisotopic (exact) mass is 1320 g/mol. The number of halogens is 14. The summed E-state index contributed by atoms with van der Waals surface area (Å²) in [5.74, 6) is -7.52. The summed E-state index contributed by atoms with van der Waals surface area (Å²) in [6.07, 6.45) is -5.08. The summed E-state index contributed by atoms with van der Waals surface area (Å²) in [5, 5.41) is 7.53. The minimum Gasteiger partial charge on any atom is -0.384 e. The van der Waals surface area contributed by atoms with E-state index in [1.165, 1.54) is 43.1 Å². The molecule has 10 rings (SSSR count). The predicted octanol–water partition coefficient (Wildman–Crippen LogP) is 9.85. The number of nitrogens with one attached hydrogen (secondary N) is 4. The van der Waals surface area contributed by atoms with Crippen molar-refractivity contribution in [3.8, 4) is 0 Å². The molecule has 5 aromatic rings. The molecule has 33 heteroatoms. The second kappa shape index (κ2) is 25.4. The fourth-order valence-electron chi connectivity index (χ4n) is 9.85. The van der Waals surface area contributed by atoms with E-state index in [0.717, 1.165) is 9.13 Å². The van der Waals surface area contributed by atoms with Crippen molar-refractivity contribution < 1.29 is 58.7 Å². The first-order valence-corrected chi connectivity index (χ1v) is 26.5. The minimum absolute atomic E-state index is 0.0108. The number of fused-ring (bicyclic) bond motifs is 4. The average molecular weight is 1330 g/mol. The van der Waals surface area contributed by atoms with Gasteiger partial charge < -0.3 is 32.4 Å². The van der Waals surface area contributed by atoms with E-state index < -0.39 is 87.8 Å². The van der Waals surface area contributed by atoms with Gasteiger partial charge in [-0.15, -0.1) is 0 Å². The van der Waals surface area contributed by atoms with Crippen LogP contribution in [0.15, 0.2) is 78.7 Å². The number of H-pyrrole nitrogens is 1. The second-order valence-corrected chi connectivity index (χ2v) is 21.3. The molecule has 432 valence electrons. The van der Waals surface area contributed by atoms with Gasteiger partial charge in [0, 0.05) is 18.8 Å². The third kappa shape index (κ3) is 14.0. The standard InChI is InChI=1S/C17H15ClF3N5O2.C13H11BrClF3N2O2.C7H9F3O.C6H4BrClN2O2.C4H5N3/c18-9-7-10(24-12-4-6-22-8-23-12)15(28)26-13(9)14(27)25-16(26)5-2-1-3-11(16)17(19,20)21;14-6-5-7(15)9-10(21)19-12(20(9)11(6)22)4-2-1-3-8(12)13(16,17)18;8-7(9,10)5-3-1-2-4-6(5)11;7-2-1-3(8)4(5(9)11)10-6(2)12;5-4-1-2-6-3-7-4/h4,6-8,11H,1-3,5H2,(H,25,27)(H,22,23,24);5,8H,1-4H2,(H,19,21);5H,1-4H2;1H,(H2,9,11)(H,10,12);1-3H,(H2,5,6,7). The number of anilines is 3. The zero-order valence-corrected chi connectivity index (χ0v) is 46.3. The van der Waals surface area contributed by atoms with Gasteiger partial charge in [-0.25, -0.2) is 19.9 Å². The number of nitrogens with two attached hydrogens (primary N) is 2. The molecule has 8 N–H and O–H groups in total. The summed E-state index contributed by atoms with van der Waals surface area (Å²) in [4.78, 5) is 99.7. The quantitative estimate of drug-likeness (QED) is 0.0918. The largest absolute Gasteiger partial charge is 0.398 e. The third-order valence-electron chi connectivity index (χ3n) is 13.3. The lowest BCUT2D eigenvalue weighted by Crippen LogP contribution is -2.58. The number of Topliss-reactive ketones (excluding diaryl/α,β-unsaturated/α-hetero) is 1. The van der Waals surface area contributed by atoms with Crippen molar-refractivity contribution in [1.82, 2.24) is 44.7 Å². The fourth-order valence-corrected chi connectivity index (χ4v) is 11.7. The number of aromatic nitrogens is 7. The number of nitrogens with zero attached hydrogens (tertiary/aromatic N) is 6. The Hall–Kier alpha value is -6.11. The predicted molar refractivity (Wildman–Crippen MR) is 279 cm³/mol. The number of ketones is 1. The fraction of sp³-hybridized carbons (Fsp3) is 0.426. The van der Waals surface area contributed by atoms with Crippen LogP contribution in [-0.4, -0.2) is 76.1 Å². The normalized spacial score (nSPS) is 22.1. The number of carbonyl (C=O) groups is 4. The Bertz CT molecular complexity index is 3320. The molecular formula is C47H44Br2Cl3F9N12O7. The zero-order chi connectivity index (χ0) is 59.3. The molecule has 0 bridgehead atoms. The molecule has 7 heterocycles. The maximum atomic E-state index is 13.8. The molecule has 3 amide bonds. The van der Waals surface area contributed by atoms with E-state index in [2.05, 4.69) is 72.7 Å². The molecule has 0 aromatic carbocycles. The first kappa shape index (κ1) is 63.1. The van der Waals surface area contributed by atoms with Crippen molar-refractivity contribution in [2.45, 2.75) is 107 Å². The first-order valence-electron chi connectivity index (χ1n) is 23.7. The maximum Gasteiger partial charge on any atom is 0.398 e. The van der Waals surface area contributed by atoms with Crippen LogP contribution in [0.3, 0.4) is 0 Å². The summed E-state index contributed by atoms with van der Waals surface area (Å²) in [6.45, 7) is 0. The molecule has 5 aliphatic rings. The molecule has 5 aromatic heterocycles. The van der Waals surface area contributed by atoms with Crippen LogP contribution < -0.4 is 44.1 Å². The van der Waals surface area contributed by atoms with Gasteiger partial charge in [0.2, 0.25) is 0 Å². The number of primary amides is 1. The molecule has 2 spiro atoms. The van der Waals surface area contributed by atoms with Gasteiger partial charge in [0.25, 0.3) is 34.4 Å². The molecule has 80 heavy (non-hydrogen) atoms. The smallest absolute Gasteiger partial charge is 0.384 e. The summed E-state index contributed by atoms with van der Waals surface area (Å²) in [5.41, 5.74) is 3.96. The van der Waals surface area contributed by atoms with Crippen LogP contribution in [0.25, 0.3) is 0 Å². The Balaban J connectivity index is 0.000000175. The zero-order valence-electron chi connectivity index (χ0n) is 40.9. The van der Waals surface area contributed by atoms with E-state index in [1.54, 1.807) is 12.3 Å². The lowest BCUT2D eigenvalue weighted by Gasteiger charge is -2.43. The van der Waals surface area contributed by atoms with Crippen molar-refractivity contribution in [1.29, 1.82) is 0 Å². The van der Waals surface area contributed by atoms with Crippen molar-refractivity contribution in [3.05, 3.63) is 128 Å². The topological polar surface area (TPSA) is 285 Å². The van der Waals surface area contributed by atoms with E-state index in [1.807, 2.05) is 0 Å². The Morgan fingerprint density at radius 3 is 1.60 bits per heavy atom. The van der Waals surface area contributed by atoms with Gasteiger partial charge in [-0.05, 0) is 114 Å². The Labute approximate surface area is 477 Å². The highest BCUT2D eigenvalue weighted by molar-refractivity contribution is 9.10. The number of rotatable bonds is 3. The van der Waals surface area contributed by atoms with Crippen LogP contribution >= 0.6 is 66.7 Å². The molecule has 3 fully saturated rings. The van der Waals surface area contributed by atoms with E-state index in [4.69, 9.17) is 46.3 Å². The van der Waals surface area contributed by atoms with Crippen LogP contribution in [0.1, 0.15) is 109 Å². The second-order valence-electron chi connectivity index (χ2n) is 18.4.